The molecule has 1 amide bonds. The van der Waals surface area contributed by atoms with Crippen molar-refractivity contribution in [3.05, 3.63) is 53.4 Å². The molecule has 2 aromatic heterocycles. The number of pyridine rings is 1. The minimum absolute atomic E-state index is 0.00385. The lowest BCUT2D eigenvalue weighted by Crippen LogP contribution is -2.29. The van der Waals surface area contributed by atoms with Crippen molar-refractivity contribution in [3.8, 4) is 5.75 Å². The first-order chi connectivity index (χ1) is 12.1. The number of benzene rings is 1. The number of anilines is 1. The van der Waals surface area contributed by atoms with Gasteiger partial charge in [0.25, 0.3) is 0 Å². The quantitative estimate of drug-likeness (QED) is 0.624. The number of hydrogen-bond donors (Lipinski definition) is 0. The smallest absolute Gasteiger partial charge is 0.243 e. The summed E-state index contributed by atoms with van der Waals surface area (Å²) in [4.78, 5) is 18.8. The number of hydrogen-bond acceptors (Lipinski definition) is 5. The molecule has 1 saturated heterocycles. The number of amides is 1. The molecule has 0 N–H and O–H groups in total. The van der Waals surface area contributed by atoms with Gasteiger partial charge in [-0.05, 0) is 31.2 Å². The maximum Gasteiger partial charge on any atom is 0.243 e. The first-order valence-electron chi connectivity index (χ1n) is 7.74. The highest BCUT2D eigenvalue weighted by Crippen LogP contribution is 2.47. The van der Waals surface area contributed by atoms with Gasteiger partial charge in [0.1, 0.15) is 16.3 Å². The summed E-state index contributed by atoms with van der Waals surface area (Å²) < 4.78 is 10.7. The van der Waals surface area contributed by atoms with Gasteiger partial charge in [0, 0.05) is 23.1 Å². The van der Waals surface area contributed by atoms with E-state index in [1.165, 1.54) is 11.8 Å². The number of carbonyl (C=O) groups is 1. The number of furan rings is 1. The van der Waals surface area contributed by atoms with Gasteiger partial charge < -0.3 is 9.15 Å². The molecule has 3 aromatic rings. The Morgan fingerprint density at radius 3 is 2.88 bits per heavy atom. The molecule has 1 aromatic carbocycles. The van der Waals surface area contributed by atoms with Crippen LogP contribution in [0.1, 0.15) is 17.9 Å². The number of rotatable bonds is 3. The second-order valence-electron chi connectivity index (χ2n) is 5.72. The van der Waals surface area contributed by atoms with Crippen LogP contribution < -0.4 is 9.64 Å². The van der Waals surface area contributed by atoms with E-state index in [9.17, 15) is 4.79 Å². The molecule has 7 heteroatoms. The predicted octanol–water partition coefficient (Wildman–Crippen LogP) is 4.66. The van der Waals surface area contributed by atoms with Crippen molar-refractivity contribution in [2.45, 2.75) is 17.5 Å². The van der Waals surface area contributed by atoms with Gasteiger partial charge in [0.15, 0.2) is 0 Å². The molecule has 0 saturated carbocycles. The van der Waals surface area contributed by atoms with Gasteiger partial charge in [0.05, 0.1) is 24.1 Å². The number of aromatic nitrogens is 1. The van der Waals surface area contributed by atoms with E-state index in [4.69, 9.17) is 20.8 Å². The summed E-state index contributed by atoms with van der Waals surface area (Å²) in [6.07, 6.45) is 1.56. The first kappa shape index (κ1) is 16.3. The molecule has 4 rings (SSSR count). The van der Waals surface area contributed by atoms with E-state index < -0.39 is 0 Å². The number of fused-ring (bicyclic) bond motifs is 1. The standard InChI is InChI=1S/C18H15ClN2O3S/c1-10-17(22)21(15-4-3-7-24-15)18(25-10)13-8-11-5-6-12(23-2)9-14(11)20-16(13)19/h3-10,18H,1-2H3. The van der Waals surface area contributed by atoms with E-state index in [2.05, 4.69) is 4.98 Å². The molecular formula is C18H15ClN2O3S. The molecule has 0 aliphatic carbocycles. The number of ether oxygens (including phenoxy) is 1. The Kier molecular flexibility index (Phi) is 4.09. The van der Waals surface area contributed by atoms with Crippen molar-refractivity contribution in [2.24, 2.45) is 0 Å². The largest absolute Gasteiger partial charge is 0.497 e. The van der Waals surface area contributed by atoms with Gasteiger partial charge in [-0.15, -0.1) is 11.8 Å². The summed E-state index contributed by atoms with van der Waals surface area (Å²) in [5.74, 6) is 1.23. The zero-order chi connectivity index (χ0) is 17.6. The summed E-state index contributed by atoms with van der Waals surface area (Å²) in [6, 6.07) is 11.2. The third kappa shape index (κ3) is 2.75. The Morgan fingerprint density at radius 2 is 2.16 bits per heavy atom. The molecule has 2 unspecified atom stereocenters. The molecule has 25 heavy (non-hydrogen) atoms. The predicted molar refractivity (Wildman–Crippen MR) is 99.3 cm³/mol. The highest BCUT2D eigenvalue weighted by Gasteiger charge is 2.42. The molecule has 0 radical (unpaired) electrons. The Hall–Kier alpha value is -2.18. The Labute approximate surface area is 153 Å². The van der Waals surface area contributed by atoms with Crippen LogP contribution in [-0.4, -0.2) is 23.3 Å². The van der Waals surface area contributed by atoms with E-state index in [1.807, 2.05) is 31.2 Å². The average molecular weight is 375 g/mol. The summed E-state index contributed by atoms with van der Waals surface area (Å²) in [5.41, 5.74) is 1.54. The van der Waals surface area contributed by atoms with E-state index in [-0.39, 0.29) is 16.5 Å². The number of carbonyl (C=O) groups excluding carboxylic acids is 1. The topological polar surface area (TPSA) is 55.6 Å². The van der Waals surface area contributed by atoms with Crippen molar-refractivity contribution in [1.82, 2.24) is 4.98 Å². The zero-order valence-corrected chi connectivity index (χ0v) is 15.2. The summed E-state index contributed by atoms with van der Waals surface area (Å²) >= 11 is 8.00. The SMILES string of the molecule is COc1ccc2cc(C3SC(C)C(=O)N3c3ccco3)c(Cl)nc2c1. The van der Waals surface area contributed by atoms with Gasteiger partial charge in [-0.25, -0.2) is 4.98 Å². The fourth-order valence-corrected chi connectivity index (χ4v) is 4.49. The van der Waals surface area contributed by atoms with Crippen LogP contribution in [0.5, 0.6) is 5.75 Å². The third-order valence-electron chi connectivity index (χ3n) is 4.17. The molecule has 1 aliphatic heterocycles. The number of methoxy groups -OCH3 is 1. The van der Waals surface area contributed by atoms with Crippen molar-refractivity contribution in [3.63, 3.8) is 0 Å². The Balaban J connectivity index is 1.82. The van der Waals surface area contributed by atoms with Crippen LogP contribution in [0.3, 0.4) is 0 Å². The second-order valence-corrected chi connectivity index (χ2v) is 7.50. The maximum absolute atomic E-state index is 12.6. The van der Waals surface area contributed by atoms with Crippen molar-refractivity contribution in [1.29, 1.82) is 0 Å². The molecule has 0 bridgehead atoms. The van der Waals surface area contributed by atoms with Crippen LogP contribution in [-0.2, 0) is 4.79 Å². The molecule has 0 spiro atoms. The highest BCUT2D eigenvalue weighted by atomic mass is 35.5. The van der Waals surface area contributed by atoms with E-state index in [0.717, 1.165) is 22.2 Å². The van der Waals surface area contributed by atoms with Gasteiger partial charge in [-0.1, -0.05) is 11.6 Å². The lowest BCUT2D eigenvalue weighted by Gasteiger charge is -2.22. The molecule has 5 nitrogen and oxygen atoms in total. The van der Waals surface area contributed by atoms with Crippen LogP contribution in [0.4, 0.5) is 5.88 Å². The fourth-order valence-electron chi connectivity index (χ4n) is 2.91. The summed E-state index contributed by atoms with van der Waals surface area (Å²) in [6.45, 7) is 1.89. The molecule has 1 aliphatic rings. The van der Waals surface area contributed by atoms with Gasteiger partial charge in [-0.2, -0.15) is 0 Å². The van der Waals surface area contributed by atoms with Crippen molar-refractivity contribution < 1.29 is 13.9 Å². The lowest BCUT2D eigenvalue weighted by atomic mass is 10.1. The maximum atomic E-state index is 12.6. The Morgan fingerprint density at radius 1 is 1.32 bits per heavy atom. The van der Waals surface area contributed by atoms with Crippen molar-refractivity contribution >= 4 is 46.1 Å². The molecular weight excluding hydrogens is 360 g/mol. The van der Waals surface area contributed by atoms with Gasteiger partial charge >= 0.3 is 0 Å². The second kappa shape index (κ2) is 6.28. The minimum Gasteiger partial charge on any atom is -0.497 e. The van der Waals surface area contributed by atoms with E-state index in [0.29, 0.717) is 11.0 Å². The van der Waals surface area contributed by atoms with E-state index in [1.54, 1.807) is 30.4 Å². The average Bonchev–Trinajstić information content (AvgIpc) is 3.22. The van der Waals surface area contributed by atoms with Crippen LogP contribution in [0, 0.1) is 0 Å². The highest BCUT2D eigenvalue weighted by molar-refractivity contribution is 8.01. The minimum atomic E-state index is -0.278. The lowest BCUT2D eigenvalue weighted by molar-refractivity contribution is -0.117. The van der Waals surface area contributed by atoms with Crippen LogP contribution in [0.25, 0.3) is 10.9 Å². The van der Waals surface area contributed by atoms with Crippen LogP contribution in [0.2, 0.25) is 5.15 Å². The first-order valence-corrected chi connectivity index (χ1v) is 9.07. The molecule has 1 fully saturated rings. The molecule has 128 valence electrons. The normalized spacial score (nSPS) is 20.4. The van der Waals surface area contributed by atoms with Gasteiger partial charge in [0.2, 0.25) is 11.8 Å². The van der Waals surface area contributed by atoms with Crippen LogP contribution >= 0.6 is 23.4 Å². The Bertz CT molecular complexity index is 945. The fraction of sp³-hybridized carbons (Fsp3) is 0.222. The number of thioether (sulfide) groups is 1. The molecule has 2 atom stereocenters. The zero-order valence-electron chi connectivity index (χ0n) is 13.6. The van der Waals surface area contributed by atoms with Crippen molar-refractivity contribution in [2.75, 3.05) is 12.0 Å². The van der Waals surface area contributed by atoms with Gasteiger partial charge in [-0.3, -0.25) is 9.69 Å². The number of halogens is 1. The van der Waals surface area contributed by atoms with Crippen LogP contribution in [0.15, 0.2) is 47.1 Å². The number of nitrogens with zero attached hydrogens (tertiary/aromatic N) is 2. The van der Waals surface area contributed by atoms with E-state index >= 15 is 0 Å². The monoisotopic (exact) mass is 374 g/mol. The molecule has 3 heterocycles. The third-order valence-corrected chi connectivity index (χ3v) is 5.80. The summed E-state index contributed by atoms with van der Waals surface area (Å²) in [7, 11) is 1.61. The summed E-state index contributed by atoms with van der Waals surface area (Å²) in [5, 5.41) is 0.849.